The predicted octanol–water partition coefficient (Wildman–Crippen LogP) is 2.17. The minimum atomic E-state index is -3.49. The maximum Gasteiger partial charge on any atom is 0.233 e. The van der Waals surface area contributed by atoms with E-state index in [4.69, 9.17) is 20.2 Å². The summed E-state index contributed by atoms with van der Waals surface area (Å²) in [4.78, 5) is 0. The predicted molar refractivity (Wildman–Crippen MR) is 67.9 cm³/mol. The van der Waals surface area contributed by atoms with Gasteiger partial charge >= 0.3 is 0 Å². The first-order valence-electron chi connectivity index (χ1n) is 6.05. The third-order valence-electron chi connectivity index (χ3n) is 3.08. The highest BCUT2D eigenvalue weighted by atomic mass is 35.7. The standard InChI is InChI=1S/C11H21ClO4S/c1-2-3-6-16-9-11(10-17(12,13)14)4-7-15-8-5-11/h2-10H2,1H3. The Hall–Kier alpha value is 0.160. The van der Waals surface area contributed by atoms with Crippen LogP contribution in [0.25, 0.3) is 0 Å². The van der Waals surface area contributed by atoms with Crippen LogP contribution in [0.5, 0.6) is 0 Å². The van der Waals surface area contributed by atoms with Gasteiger partial charge in [-0.25, -0.2) is 8.42 Å². The van der Waals surface area contributed by atoms with Crippen molar-refractivity contribution in [2.24, 2.45) is 5.41 Å². The molecule has 1 rings (SSSR count). The molecule has 0 spiro atoms. The van der Waals surface area contributed by atoms with Gasteiger partial charge in [0.2, 0.25) is 9.05 Å². The van der Waals surface area contributed by atoms with Crippen molar-refractivity contribution in [3.05, 3.63) is 0 Å². The molecular formula is C11H21ClO4S. The molecule has 1 aliphatic rings. The van der Waals surface area contributed by atoms with E-state index in [-0.39, 0.29) is 11.2 Å². The summed E-state index contributed by atoms with van der Waals surface area (Å²) in [6, 6.07) is 0. The molecule has 102 valence electrons. The van der Waals surface area contributed by atoms with Gasteiger partial charge in [0.25, 0.3) is 0 Å². The van der Waals surface area contributed by atoms with Gasteiger partial charge in [-0.3, -0.25) is 0 Å². The van der Waals surface area contributed by atoms with E-state index in [1.165, 1.54) is 0 Å². The summed E-state index contributed by atoms with van der Waals surface area (Å²) in [6.07, 6.45) is 3.47. The van der Waals surface area contributed by atoms with E-state index < -0.39 is 9.05 Å². The third kappa shape index (κ3) is 6.04. The van der Waals surface area contributed by atoms with Crippen LogP contribution in [0.1, 0.15) is 32.6 Å². The quantitative estimate of drug-likeness (QED) is 0.531. The molecule has 0 radical (unpaired) electrons. The van der Waals surface area contributed by atoms with Gasteiger partial charge in [0.1, 0.15) is 0 Å². The van der Waals surface area contributed by atoms with Crippen LogP contribution in [0, 0.1) is 5.41 Å². The van der Waals surface area contributed by atoms with Crippen molar-refractivity contribution < 1.29 is 17.9 Å². The molecule has 0 saturated carbocycles. The summed E-state index contributed by atoms with van der Waals surface area (Å²) in [5.41, 5.74) is -0.355. The average molecular weight is 285 g/mol. The van der Waals surface area contributed by atoms with Crippen LogP contribution in [0.4, 0.5) is 0 Å². The lowest BCUT2D eigenvalue weighted by molar-refractivity contribution is -0.0282. The summed E-state index contributed by atoms with van der Waals surface area (Å²) in [7, 11) is 1.88. The Morgan fingerprint density at radius 2 is 2.00 bits per heavy atom. The average Bonchev–Trinajstić information content (AvgIpc) is 2.23. The highest BCUT2D eigenvalue weighted by Crippen LogP contribution is 2.33. The third-order valence-corrected chi connectivity index (χ3v) is 4.37. The number of hydrogen-bond acceptors (Lipinski definition) is 4. The van der Waals surface area contributed by atoms with Crippen LogP contribution in [-0.2, 0) is 18.5 Å². The number of ether oxygens (including phenoxy) is 2. The van der Waals surface area contributed by atoms with Crippen LogP contribution < -0.4 is 0 Å². The molecule has 0 unspecified atom stereocenters. The molecule has 0 aromatic rings. The van der Waals surface area contributed by atoms with Gasteiger partial charge in [-0.2, -0.15) is 0 Å². The molecule has 0 aromatic heterocycles. The molecule has 1 heterocycles. The van der Waals surface area contributed by atoms with Crippen molar-refractivity contribution in [2.45, 2.75) is 32.6 Å². The van der Waals surface area contributed by atoms with Crippen LogP contribution >= 0.6 is 10.7 Å². The van der Waals surface area contributed by atoms with Gasteiger partial charge in [0, 0.05) is 35.9 Å². The van der Waals surface area contributed by atoms with E-state index in [9.17, 15) is 8.42 Å². The fourth-order valence-electron chi connectivity index (χ4n) is 2.04. The van der Waals surface area contributed by atoms with Crippen molar-refractivity contribution in [2.75, 3.05) is 32.2 Å². The van der Waals surface area contributed by atoms with Gasteiger partial charge in [0.15, 0.2) is 0 Å². The molecule has 0 aliphatic carbocycles. The van der Waals surface area contributed by atoms with Crippen molar-refractivity contribution in [3.63, 3.8) is 0 Å². The molecule has 1 saturated heterocycles. The maximum atomic E-state index is 11.3. The molecule has 0 aromatic carbocycles. The van der Waals surface area contributed by atoms with E-state index in [0.717, 1.165) is 12.8 Å². The fraction of sp³-hybridized carbons (Fsp3) is 1.00. The molecule has 0 bridgehead atoms. The van der Waals surface area contributed by atoms with Crippen LogP contribution in [0.15, 0.2) is 0 Å². The number of rotatable bonds is 7. The van der Waals surface area contributed by atoms with Crippen LogP contribution in [0.3, 0.4) is 0 Å². The fourth-order valence-corrected chi connectivity index (χ4v) is 3.83. The second kappa shape index (κ2) is 6.92. The Bertz CT molecular complexity index is 309. The summed E-state index contributed by atoms with van der Waals surface area (Å²) in [6.45, 7) is 4.41. The monoisotopic (exact) mass is 284 g/mol. The normalized spacial score (nSPS) is 20.4. The lowest BCUT2D eigenvalue weighted by atomic mass is 9.83. The molecule has 6 heteroatoms. The highest BCUT2D eigenvalue weighted by Gasteiger charge is 2.37. The molecule has 1 fully saturated rings. The second-order valence-corrected chi connectivity index (χ2v) is 7.48. The summed E-state index contributed by atoms with van der Waals surface area (Å²) in [5.74, 6) is -0.0168. The van der Waals surface area contributed by atoms with Gasteiger partial charge < -0.3 is 9.47 Å². The van der Waals surface area contributed by atoms with Gasteiger partial charge in [-0.15, -0.1) is 0 Å². The summed E-state index contributed by atoms with van der Waals surface area (Å²) in [5, 5.41) is 0. The molecule has 0 N–H and O–H groups in total. The zero-order chi connectivity index (χ0) is 12.8. The van der Waals surface area contributed by atoms with E-state index >= 15 is 0 Å². The molecule has 0 atom stereocenters. The smallest absolute Gasteiger partial charge is 0.233 e. The van der Waals surface area contributed by atoms with E-state index in [1.54, 1.807) is 0 Å². The van der Waals surface area contributed by atoms with E-state index in [2.05, 4.69) is 6.92 Å². The second-order valence-electron chi connectivity index (χ2n) is 4.70. The number of unbranched alkanes of at least 4 members (excludes halogenated alkanes) is 1. The minimum absolute atomic E-state index is 0.0168. The number of hydrogen-bond donors (Lipinski definition) is 0. The molecule has 4 nitrogen and oxygen atoms in total. The SMILES string of the molecule is CCCCOCC1(CS(=O)(=O)Cl)CCOCC1. The zero-order valence-corrected chi connectivity index (χ0v) is 11.9. The van der Waals surface area contributed by atoms with Crippen molar-refractivity contribution >= 4 is 19.7 Å². The Morgan fingerprint density at radius 3 is 2.53 bits per heavy atom. The van der Waals surface area contributed by atoms with Gasteiger partial charge in [-0.1, -0.05) is 13.3 Å². The largest absolute Gasteiger partial charge is 0.381 e. The Labute approximate surface area is 108 Å². The maximum absolute atomic E-state index is 11.3. The first kappa shape index (κ1) is 15.2. The molecule has 1 aliphatic heterocycles. The van der Waals surface area contributed by atoms with Gasteiger partial charge in [-0.05, 0) is 19.3 Å². The lowest BCUT2D eigenvalue weighted by Crippen LogP contribution is -2.39. The molecule has 0 amide bonds. The Morgan fingerprint density at radius 1 is 1.35 bits per heavy atom. The van der Waals surface area contributed by atoms with Crippen LogP contribution in [0.2, 0.25) is 0 Å². The molecular weight excluding hydrogens is 264 g/mol. The van der Waals surface area contributed by atoms with E-state index in [0.29, 0.717) is 39.3 Å². The van der Waals surface area contributed by atoms with Crippen molar-refractivity contribution in [3.8, 4) is 0 Å². The Balaban J connectivity index is 2.52. The van der Waals surface area contributed by atoms with Crippen molar-refractivity contribution in [1.29, 1.82) is 0 Å². The van der Waals surface area contributed by atoms with Gasteiger partial charge in [0.05, 0.1) is 12.4 Å². The Kier molecular flexibility index (Phi) is 6.20. The van der Waals surface area contributed by atoms with E-state index in [1.807, 2.05) is 0 Å². The van der Waals surface area contributed by atoms with Crippen molar-refractivity contribution in [1.82, 2.24) is 0 Å². The molecule has 17 heavy (non-hydrogen) atoms. The first-order chi connectivity index (χ1) is 7.97. The summed E-state index contributed by atoms with van der Waals surface area (Å²) >= 11 is 0. The first-order valence-corrected chi connectivity index (χ1v) is 8.53. The topological polar surface area (TPSA) is 52.6 Å². The highest BCUT2D eigenvalue weighted by molar-refractivity contribution is 8.13. The summed E-state index contributed by atoms with van der Waals surface area (Å²) < 4.78 is 33.4. The zero-order valence-electron chi connectivity index (χ0n) is 10.3. The van der Waals surface area contributed by atoms with Crippen LogP contribution in [-0.4, -0.2) is 40.6 Å². The minimum Gasteiger partial charge on any atom is -0.381 e. The number of halogens is 1. The lowest BCUT2D eigenvalue weighted by Gasteiger charge is -2.35.